The zero-order valence-electron chi connectivity index (χ0n) is 12.6. The van der Waals surface area contributed by atoms with Gasteiger partial charge in [-0.15, -0.1) is 0 Å². The van der Waals surface area contributed by atoms with Gasteiger partial charge in [0.05, 0.1) is 32.0 Å². The number of hydrogen-bond donors (Lipinski definition) is 1. The highest BCUT2D eigenvalue weighted by atomic mass is 35.5. The molecule has 0 aliphatic rings. The first kappa shape index (κ1) is 17.6. The molecule has 0 saturated heterocycles. The van der Waals surface area contributed by atoms with Gasteiger partial charge in [0.15, 0.2) is 11.5 Å². The molecule has 0 heterocycles. The number of benzene rings is 1. The number of methoxy groups -OCH3 is 3. The van der Waals surface area contributed by atoms with Crippen molar-refractivity contribution in [3.8, 4) is 11.5 Å². The van der Waals surface area contributed by atoms with Gasteiger partial charge in [0, 0.05) is 26.3 Å². The first-order chi connectivity index (χ1) is 9.94. The number of rotatable bonds is 7. The fourth-order valence-electron chi connectivity index (χ4n) is 1.91. The van der Waals surface area contributed by atoms with Crippen LogP contribution >= 0.6 is 11.6 Å². The van der Waals surface area contributed by atoms with Crippen molar-refractivity contribution in [2.45, 2.75) is 6.10 Å². The molecule has 1 rings (SSSR count). The number of aliphatic hydroxyl groups excluding tert-OH is 1. The zero-order valence-corrected chi connectivity index (χ0v) is 13.3. The maximum absolute atomic E-state index is 12.3. The molecule has 0 radical (unpaired) electrons. The van der Waals surface area contributed by atoms with Gasteiger partial charge in [-0.25, -0.2) is 0 Å². The predicted octanol–water partition coefficient (Wildman–Crippen LogP) is 1.44. The van der Waals surface area contributed by atoms with E-state index in [0.717, 1.165) is 0 Å². The van der Waals surface area contributed by atoms with E-state index < -0.39 is 6.10 Å². The number of nitrogens with zero attached hydrogens (tertiary/aromatic N) is 1. The first-order valence-corrected chi connectivity index (χ1v) is 6.66. The van der Waals surface area contributed by atoms with E-state index in [2.05, 4.69) is 0 Å². The number of likely N-dealkylation sites (N-methyl/N-ethyl adjacent to an activating group) is 1. The van der Waals surface area contributed by atoms with Gasteiger partial charge in [0.25, 0.3) is 5.91 Å². The Bertz CT molecular complexity index is 494. The maximum atomic E-state index is 12.3. The van der Waals surface area contributed by atoms with Crippen molar-refractivity contribution in [2.24, 2.45) is 0 Å². The van der Waals surface area contributed by atoms with Crippen LogP contribution in [0.15, 0.2) is 12.1 Å². The Morgan fingerprint density at radius 2 is 2.00 bits per heavy atom. The number of amides is 1. The summed E-state index contributed by atoms with van der Waals surface area (Å²) >= 11 is 6.07. The van der Waals surface area contributed by atoms with Gasteiger partial charge in [-0.3, -0.25) is 4.79 Å². The predicted molar refractivity (Wildman–Crippen MR) is 79.4 cm³/mol. The average Bonchev–Trinajstić information content (AvgIpc) is 2.45. The maximum Gasteiger partial charge on any atom is 0.253 e. The summed E-state index contributed by atoms with van der Waals surface area (Å²) in [6, 6.07) is 3.05. The van der Waals surface area contributed by atoms with Crippen molar-refractivity contribution in [1.82, 2.24) is 4.90 Å². The van der Waals surface area contributed by atoms with Gasteiger partial charge >= 0.3 is 0 Å². The molecule has 1 amide bonds. The summed E-state index contributed by atoms with van der Waals surface area (Å²) in [5, 5.41) is 9.95. The van der Waals surface area contributed by atoms with E-state index in [1.54, 1.807) is 13.1 Å². The van der Waals surface area contributed by atoms with Crippen LogP contribution in [0.5, 0.6) is 11.5 Å². The lowest BCUT2D eigenvalue weighted by atomic mass is 10.1. The minimum absolute atomic E-state index is 0.151. The number of carbonyl (C=O) groups is 1. The molecule has 7 heteroatoms. The highest BCUT2D eigenvalue weighted by Crippen LogP contribution is 2.36. The normalized spacial score (nSPS) is 11.9. The Hall–Kier alpha value is -1.50. The molecular formula is C14H20ClNO5. The molecule has 0 aromatic heterocycles. The molecule has 0 spiro atoms. The van der Waals surface area contributed by atoms with Gasteiger partial charge in [-0.2, -0.15) is 0 Å². The SMILES string of the molecule is COCC(O)CN(C)C(=O)c1cc(Cl)c(OC)c(OC)c1. The topological polar surface area (TPSA) is 68.2 Å². The lowest BCUT2D eigenvalue weighted by Crippen LogP contribution is -2.36. The van der Waals surface area contributed by atoms with Gasteiger partial charge in [0.2, 0.25) is 0 Å². The molecule has 1 N–H and O–H groups in total. The molecule has 0 bridgehead atoms. The van der Waals surface area contributed by atoms with Crippen LogP contribution in [-0.2, 0) is 4.74 Å². The lowest BCUT2D eigenvalue weighted by Gasteiger charge is -2.21. The molecule has 6 nitrogen and oxygen atoms in total. The molecule has 0 aliphatic heterocycles. The summed E-state index contributed by atoms with van der Waals surface area (Å²) in [5.41, 5.74) is 0.352. The Balaban J connectivity index is 2.94. The minimum Gasteiger partial charge on any atom is -0.493 e. The molecule has 0 aliphatic carbocycles. The number of aliphatic hydroxyl groups is 1. The van der Waals surface area contributed by atoms with E-state index >= 15 is 0 Å². The Morgan fingerprint density at radius 3 is 2.52 bits per heavy atom. The smallest absolute Gasteiger partial charge is 0.253 e. The third kappa shape index (κ3) is 4.49. The van der Waals surface area contributed by atoms with E-state index in [1.165, 1.54) is 32.3 Å². The fourth-order valence-corrected chi connectivity index (χ4v) is 2.19. The molecule has 21 heavy (non-hydrogen) atoms. The third-order valence-electron chi connectivity index (χ3n) is 2.87. The Morgan fingerprint density at radius 1 is 1.33 bits per heavy atom. The standard InChI is InChI=1S/C14H20ClNO5/c1-16(7-10(17)8-19-2)14(18)9-5-11(15)13(21-4)12(6-9)20-3/h5-6,10,17H,7-8H2,1-4H3. The van der Waals surface area contributed by atoms with E-state index in [-0.39, 0.29) is 24.1 Å². The van der Waals surface area contributed by atoms with E-state index in [0.29, 0.717) is 17.1 Å². The van der Waals surface area contributed by atoms with Crippen molar-refractivity contribution in [1.29, 1.82) is 0 Å². The second kappa shape index (κ2) is 8.07. The summed E-state index contributed by atoms with van der Waals surface area (Å²) in [4.78, 5) is 13.7. The Kier molecular flexibility index (Phi) is 6.74. The molecule has 1 unspecified atom stereocenters. The molecule has 0 saturated carbocycles. The molecule has 1 aromatic carbocycles. The summed E-state index contributed by atoms with van der Waals surface area (Å²) < 4.78 is 15.1. The van der Waals surface area contributed by atoms with Crippen molar-refractivity contribution in [3.05, 3.63) is 22.7 Å². The molecular weight excluding hydrogens is 298 g/mol. The van der Waals surface area contributed by atoms with Crippen LogP contribution in [0.4, 0.5) is 0 Å². The van der Waals surface area contributed by atoms with Gasteiger partial charge in [-0.1, -0.05) is 11.6 Å². The molecule has 1 aromatic rings. The first-order valence-electron chi connectivity index (χ1n) is 6.28. The van der Waals surface area contributed by atoms with Crippen molar-refractivity contribution in [3.63, 3.8) is 0 Å². The van der Waals surface area contributed by atoms with E-state index in [9.17, 15) is 9.90 Å². The monoisotopic (exact) mass is 317 g/mol. The van der Waals surface area contributed by atoms with Gasteiger partial charge < -0.3 is 24.2 Å². The zero-order chi connectivity index (χ0) is 16.0. The number of hydrogen-bond acceptors (Lipinski definition) is 5. The largest absolute Gasteiger partial charge is 0.493 e. The number of carbonyl (C=O) groups excluding carboxylic acids is 1. The van der Waals surface area contributed by atoms with Crippen LogP contribution in [0.25, 0.3) is 0 Å². The fraction of sp³-hybridized carbons (Fsp3) is 0.500. The second-order valence-corrected chi connectivity index (χ2v) is 4.90. The van der Waals surface area contributed by atoms with Gasteiger partial charge in [-0.05, 0) is 12.1 Å². The van der Waals surface area contributed by atoms with Crippen molar-refractivity contribution in [2.75, 3.05) is 41.5 Å². The Labute approximate surface area is 129 Å². The van der Waals surface area contributed by atoms with E-state index in [1.807, 2.05) is 0 Å². The third-order valence-corrected chi connectivity index (χ3v) is 3.15. The van der Waals surface area contributed by atoms with Crippen LogP contribution in [0.3, 0.4) is 0 Å². The second-order valence-electron chi connectivity index (χ2n) is 4.49. The summed E-state index contributed by atoms with van der Waals surface area (Å²) in [5.74, 6) is 0.463. The summed E-state index contributed by atoms with van der Waals surface area (Å²) in [7, 11) is 6.01. The molecule has 118 valence electrons. The van der Waals surface area contributed by atoms with Gasteiger partial charge in [0.1, 0.15) is 0 Å². The highest BCUT2D eigenvalue weighted by molar-refractivity contribution is 6.32. The quantitative estimate of drug-likeness (QED) is 0.824. The van der Waals surface area contributed by atoms with Crippen LogP contribution in [0, 0.1) is 0 Å². The van der Waals surface area contributed by atoms with E-state index in [4.69, 9.17) is 25.8 Å². The molecule has 1 atom stereocenters. The number of halogens is 1. The van der Waals surface area contributed by atoms with Crippen molar-refractivity contribution >= 4 is 17.5 Å². The summed E-state index contributed by atoms with van der Waals surface area (Å²) in [6.45, 7) is 0.308. The molecule has 0 fully saturated rings. The highest BCUT2D eigenvalue weighted by Gasteiger charge is 2.19. The number of ether oxygens (including phenoxy) is 3. The average molecular weight is 318 g/mol. The van der Waals surface area contributed by atoms with Crippen LogP contribution in [0.2, 0.25) is 5.02 Å². The van der Waals surface area contributed by atoms with Crippen LogP contribution in [-0.4, -0.2) is 63.5 Å². The lowest BCUT2D eigenvalue weighted by molar-refractivity contribution is 0.0380. The van der Waals surface area contributed by atoms with Crippen molar-refractivity contribution < 1.29 is 24.1 Å². The van der Waals surface area contributed by atoms with Crippen LogP contribution in [0.1, 0.15) is 10.4 Å². The minimum atomic E-state index is -0.750. The van der Waals surface area contributed by atoms with Crippen LogP contribution < -0.4 is 9.47 Å². The summed E-state index contributed by atoms with van der Waals surface area (Å²) in [6.07, 6.45) is -0.750.